The van der Waals surface area contributed by atoms with Gasteiger partial charge in [0.15, 0.2) is 0 Å². The molecule has 1 fully saturated rings. The molecule has 5 nitrogen and oxygen atoms in total. The molecule has 0 heterocycles. The van der Waals surface area contributed by atoms with Gasteiger partial charge in [0, 0.05) is 19.8 Å². The summed E-state index contributed by atoms with van der Waals surface area (Å²) in [7, 11) is -1.90. The Kier molecular flexibility index (Phi) is 7.91. The van der Waals surface area contributed by atoms with E-state index in [0.717, 1.165) is 31.0 Å². The first kappa shape index (κ1) is 21.6. The van der Waals surface area contributed by atoms with Crippen molar-refractivity contribution in [2.24, 2.45) is 11.3 Å². The van der Waals surface area contributed by atoms with Crippen LogP contribution in [0.2, 0.25) is 18.1 Å². The minimum absolute atomic E-state index is 0.253. The van der Waals surface area contributed by atoms with E-state index in [0.29, 0.717) is 18.8 Å². The second-order valence-corrected chi connectivity index (χ2v) is 12.8. The van der Waals surface area contributed by atoms with Gasteiger partial charge in [0.05, 0.1) is 0 Å². The van der Waals surface area contributed by atoms with Crippen LogP contribution in [-0.2, 0) is 24.0 Å². The average molecular weight is 361 g/mol. The summed E-state index contributed by atoms with van der Waals surface area (Å²) in [6.07, 6.45) is 3.27. The van der Waals surface area contributed by atoms with Crippen LogP contribution < -0.4 is 0 Å². The lowest BCUT2D eigenvalue weighted by Crippen LogP contribution is -2.46. The fourth-order valence-electron chi connectivity index (χ4n) is 3.33. The van der Waals surface area contributed by atoms with Gasteiger partial charge in [0.2, 0.25) is 14.1 Å². The molecule has 0 N–H and O–H groups in total. The predicted octanol–water partition coefficient (Wildman–Crippen LogP) is 5.37. The monoisotopic (exact) mass is 360 g/mol. The van der Waals surface area contributed by atoms with Crippen LogP contribution in [0.15, 0.2) is 0 Å². The molecule has 0 aromatic carbocycles. The molecule has 0 aliphatic heterocycles. The lowest BCUT2D eigenvalue weighted by atomic mass is 9.71. The van der Waals surface area contributed by atoms with Gasteiger partial charge in [-0.1, -0.05) is 41.5 Å². The van der Waals surface area contributed by atoms with Crippen LogP contribution in [-0.4, -0.2) is 20.1 Å². The van der Waals surface area contributed by atoms with E-state index >= 15 is 0 Å². The van der Waals surface area contributed by atoms with Crippen LogP contribution >= 0.6 is 0 Å². The van der Waals surface area contributed by atoms with Crippen molar-refractivity contribution >= 4 is 14.3 Å². The standard InChI is InChI=1S/C18H36O5Si/c1-8-24(9-2,10-3)23-22-18(21-20-15(4)19)13-11-16(12-14-18)17(5,6)7/h16H,8-14H2,1-7H3. The summed E-state index contributed by atoms with van der Waals surface area (Å²) >= 11 is 0. The van der Waals surface area contributed by atoms with E-state index in [1.165, 1.54) is 6.92 Å². The summed E-state index contributed by atoms with van der Waals surface area (Å²) in [4.78, 5) is 27.4. The Balaban J connectivity index is 2.79. The molecular weight excluding hydrogens is 324 g/mol. The highest BCUT2D eigenvalue weighted by molar-refractivity contribution is 6.73. The third-order valence-electron chi connectivity index (χ3n) is 5.59. The smallest absolute Gasteiger partial charge is 0.296 e. The summed E-state index contributed by atoms with van der Waals surface area (Å²) in [5.41, 5.74) is 0.253. The Morgan fingerprint density at radius 2 is 1.54 bits per heavy atom. The molecule has 0 radical (unpaired) electrons. The Labute approximate surface area is 148 Å². The number of hydrogen-bond donors (Lipinski definition) is 0. The molecule has 24 heavy (non-hydrogen) atoms. The van der Waals surface area contributed by atoms with E-state index in [1.807, 2.05) is 0 Å². The topological polar surface area (TPSA) is 54.0 Å². The first-order valence-electron chi connectivity index (χ1n) is 9.35. The maximum absolute atomic E-state index is 11.2. The van der Waals surface area contributed by atoms with Crippen molar-refractivity contribution in [1.82, 2.24) is 0 Å². The summed E-state index contributed by atoms with van der Waals surface area (Å²) < 4.78 is 6.00. The molecule has 1 saturated carbocycles. The SMILES string of the molecule is CC[Si](CC)(CC)OOC1(OOC(C)=O)CCC(C(C)(C)C)CC1. The van der Waals surface area contributed by atoms with Crippen molar-refractivity contribution in [3.8, 4) is 0 Å². The largest absolute Gasteiger partial charge is 0.339 e. The molecule has 0 unspecified atom stereocenters. The van der Waals surface area contributed by atoms with E-state index < -0.39 is 20.1 Å². The van der Waals surface area contributed by atoms with Crippen LogP contribution in [0.4, 0.5) is 0 Å². The minimum atomic E-state index is -1.90. The van der Waals surface area contributed by atoms with Gasteiger partial charge in [0.25, 0.3) is 0 Å². The van der Waals surface area contributed by atoms with Gasteiger partial charge in [-0.05, 0) is 42.3 Å². The third kappa shape index (κ3) is 5.83. The first-order chi connectivity index (χ1) is 11.1. The highest BCUT2D eigenvalue weighted by Gasteiger charge is 2.45. The molecule has 0 saturated heterocycles. The molecular formula is C18H36O5Si. The van der Waals surface area contributed by atoms with Gasteiger partial charge < -0.3 is 0 Å². The normalized spacial score (nSPS) is 25.5. The number of carbonyl (C=O) groups is 1. The van der Waals surface area contributed by atoms with E-state index in [1.54, 1.807) is 0 Å². The molecule has 0 bridgehead atoms. The molecule has 0 atom stereocenters. The Bertz CT molecular complexity index is 384. The molecule has 1 aliphatic carbocycles. The molecule has 0 aromatic heterocycles. The Hall–Kier alpha value is -0.433. The second-order valence-electron chi connectivity index (χ2n) is 8.12. The molecule has 142 valence electrons. The highest BCUT2D eigenvalue weighted by Crippen LogP contribution is 2.44. The van der Waals surface area contributed by atoms with Gasteiger partial charge in [-0.15, -0.1) is 4.89 Å². The van der Waals surface area contributed by atoms with Gasteiger partial charge >= 0.3 is 5.97 Å². The third-order valence-corrected chi connectivity index (χ3v) is 9.89. The van der Waals surface area contributed by atoms with E-state index in [9.17, 15) is 4.79 Å². The van der Waals surface area contributed by atoms with Crippen LogP contribution in [0.3, 0.4) is 0 Å². The van der Waals surface area contributed by atoms with Gasteiger partial charge in [0.1, 0.15) is 0 Å². The van der Waals surface area contributed by atoms with Crippen LogP contribution in [0.1, 0.15) is 74.1 Å². The summed E-state index contributed by atoms with van der Waals surface area (Å²) in [5, 5.41) is 0. The molecule has 6 heteroatoms. The maximum atomic E-state index is 11.2. The summed E-state index contributed by atoms with van der Waals surface area (Å²) in [6, 6.07) is 2.98. The van der Waals surface area contributed by atoms with Crippen molar-refractivity contribution in [3.63, 3.8) is 0 Å². The zero-order chi connectivity index (χ0) is 18.4. The Morgan fingerprint density at radius 1 is 1.04 bits per heavy atom. The van der Waals surface area contributed by atoms with Crippen molar-refractivity contribution in [2.75, 3.05) is 0 Å². The molecule has 0 spiro atoms. The van der Waals surface area contributed by atoms with Crippen molar-refractivity contribution in [1.29, 1.82) is 0 Å². The van der Waals surface area contributed by atoms with Crippen LogP contribution in [0, 0.1) is 11.3 Å². The lowest BCUT2D eigenvalue weighted by Gasteiger charge is -2.42. The van der Waals surface area contributed by atoms with E-state index in [4.69, 9.17) is 19.2 Å². The minimum Gasteiger partial charge on any atom is -0.296 e. The lowest BCUT2D eigenvalue weighted by molar-refractivity contribution is -0.482. The first-order valence-corrected chi connectivity index (χ1v) is 11.9. The molecule has 1 aliphatic rings. The molecule has 1 rings (SSSR count). The average Bonchev–Trinajstić information content (AvgIpc) is 2.54. The number of hydrogen-bond acceptors (Lipinski definition) is 5. The maximum Gasteiger partial charge on any atom is 0.339 e. The number of carbonyl (C=O) groups excluding carboxylic acids is 1. The Morgan fingerprint density at radius 3 is 1.92 bits per heavy atom. The summed E-state index contributed by atoms with van der Waals surface area (Å²) in [6.45, 7) is 14.6. The van der Waals surface area contributed by atoms with Crippen molar-refractivity contribution < 1.29 is 24.0 Å². The van der Waals surface area contributed by atoms with Gasteiger partial charge in [-0.2, -0.15) is 0 Å². The quantitative estimate of drug-likeness (QED) is 0.252. The van der Waals surface area contributed by atoms with E-state index in [2.05, 4.69) is 41.5 Å². The van der Waals surface area contributed by atoms with E-state index in [-0.39, 0.29) is 5.41 Å². The van der Waals surface area contributed by atoms with Crippen LogP contribution in [0.25, 0.3) is 0 Å². The van der Waals surface area contributed by atoms with Crippen molar-refractivity contribution in [2.45, 2.75) is 98.1 Å². The summed E-state index contributed by atoms with van der Waals surface area (Å²) in [5.74, 6) is -0.841. The fourth-order valence-corrected chi connectivity index (χ4v) is 5.51. The number of rotatable bonds is 8. The zero-order valence-corrected chi connectivity index (χ0v) is 17.6. The second kappa shape index (κ2) is 8.78. The highest BCUT2D eigenvalue weighted by atomic mass is 28.4. The van der Waals surface area contributed by atoms with Crippen molar-refractivity contribution in [3.05, 3.63) is 0 Å². The molecule has 0 aromatic rings. The predicted molar refractivity (Wildman–Crippen MR) is 96.4 cm³/mol. The zero-order valence-electron chi connectivity index (χ0n) is 16.6. The van der Waals surface area contributed by atoms with Gasteiger partial charge in [-0.25, -0.2) is 9.68 Å². The van der Waals surface area contributed by atoms with Crippen LogP contribution in [0.5, 0.6) is 0 Å². The molecule has 0 amide bonds. The fraction of sp³-hybridized carbons (Fsp3) is 0.944. The van der Waals surface area contributed by atoms with Gasteiger partial charge in [-0.3, -0.25) is 9.46 Å².